The van der Waals surface area contributed by atoms with E-state index in [0.717, 1.165) is 12.8 Å². The molecule has 2 atom stereocenters. The molecule has 1 heterocycles. The molecule has 2 unspecified atom stereocenters. The number of hydrogen-bond acceptors (Lipinski definition) is 5. The van der Waals surface area contributed by atoms with Crippen LogP contribution in [0, 0.1) is 5.41 Å². The number of aliphatic hydroxyl groups is 1. The van der Waals surface area contributed by atoms with E-state index in [9.17, 15) is 5.11 Å². The molecule has 2 rings (SSSR count). The van der Waals surface area contributed by atoms with Gasteiger partial charge in [-0.3, -0.25) is 0 Å². The maximum atomic E-state index is 9.69. The molecule has 5 heteroatoms. The molecule has 1 fully saturated rings. The highest BCUT2D eigenvalue weighted by Gasteiger charge is 2.47. The van der Waals surface area contributed by atoms with Gasteiger partial charge in [0, 0.05) is 23.7 Å². The van der Waals surface area contributed by atoms with Crippen molar-refractivity contribution < 1.29 is 9.84 Å². The summed E-state index contributed by atoms with van der Waals surface area (Å²) in [6, 6.07) is 1.95. The lowest BCUT2D eigenvalue weighted by atomic mass is 9.65. The summed E-state index contributed by atoms with van der Waals surface area (Å²) in [4.78, 5) is 8.47. The fraction of sp³-hybridized carbons (Fsp3) is 0.692. The standard InChI is InChI=1S/C13H21N3O2/c1-4-7-18-11-5-6-14-12(16-11)15-9-8-10(17)13(9,2)3/h5-6,9-10,17H,4,7-8H2,1-3H3,(H,14,15,16). The van der Waals surface area contributed by atoms with Crippen LogP contribution in [0.4, 0.5) is 5.95 Å². The van der Waals surface area contributed by atoms with Crippen LogP contribution in [-0.4, -0.2) is 33.8 Å². The third-order valence-corrected chi connectivity index (χ3v) is 3.60. The molecular weight excluding hydrogens is 230 g/mol. The van der Waals surface area contributed by atoms with E-state index < -0.39 is 0 Å². The molecule has 1 aliphatic rings. The zero-order valence-electron chi connectivity index (χ0n) is 11.2. The molecule has 18 heavy (non-hydrogen) atoms. The van der Waals surface area contributed by atoms with E-state index >= 15 is 0 Å². The van der Waals surface area contributed by atoms with Crippen LogP contribution in [0.5, 0.6) is 5.88 Å². The first-order valence-electron chi connectivity index (χ1n) is 6.44. The predicted molar refractivity (Wildman–Crippen MR) is 69.6 cm³/mol. The van der Waals surface area contributed by atoms with Gasteiger partial charge in [-0.1, -0.05) is 20.8 Å². The second-order valence-electron chi connectivity index (χ2n) is 5.34. The Bertz CT molecular complexity index is 409. The van der Waals surface area contributed by atoms with Crippen LogP contribution in [0.25, 0.3) is 0 Å². The van der Waals surface area contributed by atoms with E-state index in [2.05, 4.69) is 22.2 Å². The van der Waals surface area contributed by atoms with Gasteiger partial charge in [-0.25, -0.2) is 4.98 Å². The lowest BCUT2D eigenvalue weighted by Gasteiger charge is -2.49. The molecule has 1 aromatic rings. The first-order valence-corrected chi connectivity index (χ1v) is 6.44. The maximum Gasteiger partial charge on any atom is 0.226 e. The van der Waals surface area contributed by atoms with Crippen molar-refractivity contribution in [2.45, 2.75) is 45.8 Å². The molecule has 100 valence electrons. The molecule has 1 aromatic heterocycles. The number of nitrogens with zero attached hydrogens (tertiary/aromatic N) is 2. The molecule has 0 aromatic carbocycles. The van der Waals surface area contributed by atoms with Gasteiger partial charge in [0.25, 0.3) is 0 Å². The molecule has 0 aliphatic heterocycles. The number of nitrogens with one attached hydrogen (secondary N) is 1. The minimum Gasteiger partial charge on any atom is -0.478 e. The van der Waals surface area contributed by atoms with E-state index in [1.807, 2.05) is 13.8 Å². The zero-order chi connectivity index (χ0) is 13.2. The van der Waals surface area contributed by atoms with Crippen molar-refractivity contribution in [1.29, 1.82) is 0 Å². The molecule has 0 radical (unpaired) electrons. The summed E-state index contributed by atoms with van der Waals surface area (Å²) in [6.07, 6.45) is 3.11. The highest BCUT2D eigenvalue weighted by Crippen LogP contribution is 2.41. The largest absolute Gasteiger partial charge is 0.478 e. The van der Waals surface area contributed by atoms with Crippen LogP contribution in [-0.2, 0) is 0 Å². The van der Waals surface area contributed by atoms with Crippen molar-refractivity contribution >= 4 is 5.95 Å². The van der Waals surface area contributed by atoms with Crippen LogP contribution in [0.15, 0.2) is 12.3 Å². The molecule has 0 spiro atoms. The van der Waals surface area contributed by atoms with Crippen molar-refractivity contribution in [3.05, 3.63) is 12.3 Å². The second-order valence-corrected chi connectivity index (χ2v) is 5.34. The second kappa shape index (κ2) is 5.10. The summed E-state index contributed by atoms with van der Waals surface area (Å²) in [7, 11) is 0. The van der Waals surface area contributed by atoms with Crippen molar-refractivity contribution in [2.75, 3.05) is 11.9 Å². The van der Waals surface area contributed by atoms with Crippen molar-refractivity contribution in [2.24, 2.45) is 5.41 Å². The average molecular weight is 251 g/mol. The minimum atomic E-state index is -0.255. The minimum absolute atomic E-state index is 0.135. The van der Waals surface area contributed by atoms with E-state index in [4.69, 9.17) is 4.74 Å². The molecular formula is C13H21N3O2. The Morgan fingerprint density at radius 1 is 1.56 bits per heavy atom. The van der Waals surface area contributed by atoms with Crippen LogP contribution < -0.4 is 10.1 Å². The van der Waals surface area contributed by atoms with Gasteiger partial charge in [0.05, 0.1) is 12.7 Å². The Balaban J connectivity index is 1.98. The monoisotopic (exact) mass is 251 g/mol. The van der Waals surface area contributed by atoms with Gasteiger partial charge in [0.1, 0.15) is 0 Å². The summed E-state index contributed by atoms with van der Waals surface area (Å²) < 4.78 is 5.46. The summed E-state index contributed by atoms with van der Waals surface area (Å²) in [5, 5.41) is 12.9. The molecule has 1 aliphatic carbocycles. The number of hydrogen-bond donors (Lipinski definition) is 2. The van der Waals surface area contributed by atoms with E-state index in [-0.39, 0.29) is 17.6 Å². The number of ether oxygens (including phenoxy) is 1. The molecule has 0 saturated heterocycles. The van der Waals surface area contributed by atoms with Gasteiger partial charge < -0.3 is 15.2 Å². The molecule has 2 N–H and O–H groups in total. The van der Waals surface area contributed by atoms with Crippen LogP contribution in [0.2, 0.25) is 0 Å². The Morgan fingerprint density at radius 2 is 2.33 bits per heavy atom. The van der Waals surface area contributed by atoms with Crippen LogP contribution >= 0.6 is 0 Å². The number of aromatic nitrogens is 2. The average Bonchev–Trinajstić information content (AvgIpc) is 2.36. The Labute approximate surface area is 108 Å². The lowest BCUT2D eigenvalue weighted by Crippen LogP contribution is -2.57. The number of rotatable bonds is 5. The van der Waals surface area contributed by atoms with Crippen LogP contribution in [0.3, 0.4) is 0 Å². The SMILES string of the molecule is CCCOc1ccnc(NC2CC(O)C2(C)C)n1. The quantitative estimate of drug-likeness (QED) is 0.835. The maximum absolute atomic E-state index is 9.69. The smallest absolute Gasteiger partial charge is 0.226 e. The van der Waals surface area contributed by atoms with Gasteiger partial charge in [-0.2, -0.15) is 4.98 Å². The van der Waals surface area contributed by atoms with E-state index in [1.54, 1.807) is 12.3 Å². The van der Waals surface area contributed by atoms with Gasteiger partial charge in [0.15, 0.2) is 0 Å². The van der Waals surface area contributed by atoms with Gasteiger partial charge >= 0.3 is 0 Å². The summed E-state index contributed by atoms with van der Waals surface area (Å²) >= 11 is 0. The molecule has 1 saturated carbocycles. The third kappa shape index (κ3) is 2.56. The number of aliphatic hydroxyl groups excluding tert-OH is 1. The summed E-state index contributed by atoms with van der Waals surface area (Å²) in [6.45, 7) is 6.79. The Hall–Kier alpha value is -1.36. The zero-order valence-corrected chi connectivity index (χ0v) is 11.2. The van der Waals surface area contributed by atoms with Crippen LogP contribution in [0.1, 0.15) is 33.6 Å². The van der Waals surface area contributed by atoms with Crippen molar-refractivity contribution in [3.63, 3.8) is 0 Å². The topological polar surface area (TPSA) is 67.3 Å². The summed E-state index contributed by atoms with van der Waals surface area (Å²) in [5.41, 5.74) is -0.135. The molecule has 5 nitrogen and oxygen atoms in total. The summed E-state index contributed by atoms with van der Waals surface area (Å²) in [5.74, 6) is 1.15. The van der Waals surface area contributed by atoms with Gasteiger partial charge in [-0.05, 0) is 12.8 Å². The fourth-order valence-corrected chi connectivity index (χ4v) is 2.00. The lowest BCUT2D eigenvalue weighted by molar-refractivity contribution is -0.0513. The fourth-order valence-electron chi connectivity index (χ4n) is 2.00. The highest BCUT2D eigenvalue weighted by molar-refractivity contribution is 5.31. The Kier molecular flexibility index (Phi) is 3.71. The molecule has 0 bridgehead atoms. The third-order valence-electron chi connectivity index (χ3n) is 3.60. The van der Waals surface area contributed by atoms with Gasteiger partial charge in [-0.15, -0.1) is 0 Å². The molecule has 0 amide bonds. The number of anilines is 1. The van der Waals surface area contributed by atoms with Crippen molar-refractivity contribution in [3.8, 4) is 5.88 Å². The van der Waals surface area contributed by atoms with E-state index in [1.165, 1.54) is 0 Å². The Morgan fingerprint density at radius 3 is 2.94 bits per heavy atom. The van der Waals surface area contributed by atoms with Crippen molar-refractivity contribution in [1.82, 2.24) is 9.97 Å². The first-order chi connectivity index (χ1) is 8.54. The first kappa shape index (κ1) is 13.1. The normalized spacial score (nSPS) is 25.3. The van der Waals surface area contributed by atoms with Gasteiger partial charge in [0.2, 0.25) is 11.8 Å². The van der Waals surface area contributed by atoms with E-state index in [0.29, 0.717) is 18.4 Å². The highest BCUT2D eigenvalue weighted by atomic mass is 16.5. The predicted octanol–water partition coefficient (Wildman–Crippen LogP) is 1.84.